The van der Waals surface area contributed by atoms with Crippen LogP contribution in [0.15, 0.2) is 24.3 Å². The van der Waals surface area contributed by atoms with Gasteiger partial charge in [0.05, 0.1) is 0 Å². The first-order valence-electron chi connectivity index (χ1n) is 8.73. The number of para-hydroxylation sites is 1. The summed E-state index contributed by atoms with van der Waals surface area (Å²) in [6, 6.07) is 9.69. The van der Waals surface area contributed by atoms with Crippen molar-refractivity contribution in [3.05, 3.63) is 29.8 Å². The number of hydrogen-bond donors (Lipinski definition) is 0. The van der Waals surface area contributed by atoms with Crippen molar-refractivity contribution in [1.29, 1.82) is 0 Å². The zero-order valence-electron chi connectivity index (χ0n) is 13.5. The molecule has 21 heavy (non-hydrogen) atoms. The lowest BCUT2D eigenvalue weighted by Crippen LogP contribution is -2.37. The first-order chi connectivity index (χ1) is 10.3. The zero-order valence-corrected chi connectivity index (χ0v) is 15.1. The summed E-state index contributed by atoms with van der Waals surface area (Å²) in [4.78, 5) is 2.64. The van der Waals surface area contributed by atoms with Crippen molar-refractivity contribution in [1.82, 2.24) is 0 Å². The topological polar surface area (TPSA) is 3.24 Å². The highest BCUT2D eigenvalue weighted by Crippen LogP contribution is 2.30. The summed E-state index contributed by atoms with van der Waals surface area (Å²) >= 11 is 3.50. The third-order valence-electron chi connectivity index (χ3n) is 4.70. The summed E-state index contributed by atoms with van der Waals surface area (Å²) in [5, 5.41) is 1.17. The average Bonchev–Trinajstić information content (AvgIpc) is 2.51. The van der Waals surface area contributed by atoms with E-state index >= 15 is 0 Å². The second-order valence-corrected chi connectivity index (χ2v) is 7.17. The van der Waals surface area contributed by atoms with Crippen LogP contribution in [-0.2, 0) is 6.42 Å². The molecular weight excluding hydrogens is 322 g/mol. The van der Waals surface area contributed by atoms with Gasteiger partial charge in [-0.25, -0.2) is 0 Å². The van der Waals surface area contributed by atoms with Gasteiger partial charge in [-0.05, 0) is 44.2 Å². The molecule has 0 saturated carbocycles. The van der Waals surface area contributed by atoms with Crippen molar-refractivity contribution < 1.29 is 0 Å². The maximum absolute atomic E-state index is 3.50. The molecule has 0 aromatic heterocycles. The third kappa shape index (κ3) is 5.32. The van der Waals surface area contributed by atoms with Crippen LogP contribution in [0.5, 0.6) is 0 Å². The summed E-state index contributed by atoms with van der Waals surface area (Å²) in [5.74, 6) is 0. The summed E-state index contributed by atoms with van der Waals surface area (Å²) < 4.78 is 0. The number of aryl methyl sites for hydroxylation is 1. The predicted molar refractivity (Wildman–Crippen MR) is 97.7 cm³/mol. The van der Waals surface area contributed by atoms with E-state index in [1.807, 2.05) is 0 Å². The molecule has 1 aliphatic heterocycles. The highest BCUT2D eigenvalue weighted by Gasteiger charge is 2.21. The summed E-state index contributed by atoms with van der Waals surface area (Å²) in [7, 11) is 0. The van der Waals surface area contributed by atoms with Crippen molar-refractivity contribution >= 4 is 21.6 Å². The highest BCUT2D eigenvalue weighted by molar-refractivity contribution is 9.09. The molecule has 0 bridgehead atoms. The number of anilines is 1. The Hall–Kier alpha value is -0.500. The van der Waals surface area contributed by atoms with Crippen LogP contribution in [0, 0.1) is 0 Å². The van der Waals surface area contributed by atoms with Crippen LogP contribution in [0.2, 0.25) is 0 Å². The minimum absolute atomic E-state index is 0.707. The van der Waals surface area contributed by atoms with Crippen molar-refractivity contribution in [3.63, 3.8) is 0 Å². The Morgan fingerprint density at radius 2 is 1.67 bits per heavy atom. The normalized spacial score (nSPS) is 17.8. The highest BCUT2D eigenvalue weighted by atomic mass is 79.9. The second kappa shape index (κ2) is 9.50. The van der Waals surface area contributed by atoms with Gasteiger partial charge in [0.15, 0.2) is 0 Å². The van der Waals surface area contributed by atoms with E-state index in [0.717, 1.165) is 0 Å². The minimum atomic E-state index is 0.707. The lowest BCUT2D eigenvalue weighted by molar-refractivity contribution is 0.529. The molecule has 2 heteroatoms. The summed E-state index contributed by atoms with van der Waals surface area (Å²) in [5.41, 5.74) is 3.04. The van der Waals surface area contributed by atoms with E-state index in [2.05, 4.69) is 52.0 Å². The Kier molecular flexibility index (Phi) is 7.63. The molecule has 0 radical (unpaired) electrons. The first kappa shape index (κ1) is 16.9. The molecule has 1 heterocycles. The maximum atomic E-state index is 3.50. The lowest BCUT2D eigenvalue weighted by Gasteiger charge is -2.37. The van der Waals surface area contributed by atoms with Crippen LogP contribution < -0.4 is 4.90 Å². The molecule has 0 saturated heterocycles. The van der Waals surface area contributed by atoms with Gasteiger partial charge < -0.3 is 4.90 Å². The molecule has 1 aromatic carbocycles. The smallest absolute Gasteiger partial charge is 0.0401 e. The molecule has 1 unspecified atom stereocenters. The predicted octanol–water partition coefficient (Wildman–Crippen LogP) is 5.95. The molecule has 0 amide bonds. The number of benzene rings is 1. The first-order valence-corrected chi connectivity index (χ1v) is 9.85. The van der Waals surface area contributed by atoms with Crippen LogP contribution in [0.25, 0.3) is 0 Å². The molecule has 118 valence electrons. The van der Waals surface area contributed by atoms with Gasteiger partial charge >= 0.3 is 0 Å². The molecule has 1 aliphatic rings. The van der Waals surface area contributed by atoms with Crippen LogP contribution in [0.1, 0.15) is 63.9 Å². The lowest BCUT2D eigenvalue weighted by atomic mass is 9.96. The van der Waals surface area contributed by atoms with Gasteiger partial charge in [0, 0.05) is 23.6 Å². The van der Waals surface area contributed by atoms with E-state index in [1.165, 1.54) is 75.3 Å². The minimum Gasteiger partial charge on any atom is -0.369 e. The van der Waals surface area contributed by atoms with E-state index < -0.39 is 0 Å². The van der Waals surface area contributed by atoms with Crippen molar-refractivity contribution in [3.8, 4) is 0 Å². The van der Waals surface area contributed by atoms with Gasteiger partial charge in [0.2, 0.25) is 0 Å². The number of unbranched alkanes of at least 4 members (excludes halogenated alkanes) is 6. The fourth-order valence-corrected chi connectivity index (χ4v) is 3.76. The van der Waals surface area contributed by atoms with Crippen molar-refractivity contribution in [2.75, 3.05) is 16.8 Å². The number of hydrogen-bond acceptors (Lipinski definition) is 1. The summed E-state index contributed by atoms with van der Waals surface area (Å²) in [6.07, 6.45) is 12.3. The molecule has 1 atom stereocenters. The van der Waals surface area contributed by atoms with Crippen molar-refractivity contribution in [2.24, 2.45) is 0 Å². The van der Waals surface area contributed by atoms with Crippen LogP contribution >= 0.6 is 15.9 Å². The number of rotatable bonds is 9. The Labute approximate surface area is 139 Å². The van der Waals surface area contributed by atoms with Crippen molar-refractivity contribution in [2.45, 2.75) is 70.8 Å². The van der Waals surface area contributed by atoms with Crippen LogP contribution in [-0.4, -0.2) is 17.9 Å². The Balaban J connectivity index is 1.68. The fraction of sp³-hybridized carbons (Fsp3) is 0.684. The van der Waals surface area contributed by atoms with Crippen LogP contribution in [0.4, 0.5) is 5.69 Å². The molecule has 0 fully saturated rings. The monoisotopic (exact) mass is 351 g/mol. The van der Waals surface area contributed by atoms with Gasteiger partial charge in [0.1, 0.15) is 0 Å². The maximum Gasteiger partial charge on any atom is 0.0401 e. The molecule has 2 rings (SSSR count). The molecule has 0 aliphatic carbocycles. The SMILES string of the molecule is CC1CCc2ccccc2N1CCCCCCCCCBr. The Bertz CT molecular complexity index is 404. The number of fused-ring (bicyclic) bond motifs is 1. The van der Waals surface area contributed by atoms with Gasteiger partial charge in [-0.3, -0.25) is 0 Å². The Morgan fingerprint density at radius 3 is 2.43 bits per heavy atom. The third-order valence-corrected chi connectivity index (χ3v) is 5.26. The molecule has 1 nitrogen and oxygen atoms in total. The fourth-order valence-electron chi connectivity index (χ4n) is 3.36. The van der Waals surface area contributed by atoms with E-state index in [9.17, 15) is 0 Å². The van der Waals surface area contributed by atoms with E-state index in [1.54, 1.807) is 5.56 Å². The molecule has 0 N–H and O–H groups in total. The number of nitrogens with zero attached hydrogens (tertiary/aromatic N) is 1. The standard InChI is InChI=1S/C19H30BrN/c1-17-13-14-18-11-7-8-12-19(18)21(17)16-10-6-4-2-3-5-9-15-20/h7-8,11-12,17H,2-6,9-10,13-16H2,1H3. The Morgan fingerprint density at radius 1 is 1.00 bits per heavy atom. The zero-order chi connectivity index (χ0) is 14.9. The summed E-state index contributed by atoms with van der Waals surface area (Å²) in [6.45, 7) is 3.62. The number of alkyl halides is 1. The average molecular weight is 352 g/mol. The quantitative estimate of drug-likeness (QED) is 0.392. The van der Waals surface area contributed by atoms with E-state index in [0.29, 0.717) is 6.04 Å². The number of halogens is 1. The van der Waals surface area contributed by atoms with Gasteiger partial charge in [-0.1, -0.05) is 66.2 Å². The second-order valence-electron chi connectivity index (χ2n) is 6.37. The van der Waals surface area contributed by atoms with Gasteiger partial charge in [-0.2, -0.15) is 0 Å². The van der Waals surface area contributed by atoms with E-state index in [-0.39, 0.29) is 0 Å². The molecule has 0 spiro atoms. The molecule has 1 aromatic rings. The van der Waals surface area contributed by atoms with E-state index in [4.69, 9.17) is 0 Å². The van der Waals surface area contributed by atoms with Gasteiger partial charge in [0.25, 0.3) is 0 Å². The largest absolute Gasteiger partial charge is 0.369 e. The molecular formula is C19H30BrN. The van der Waals surface area contributed by atoms with Gasteiger partial charge in [-0.15, -0.1) is 0 Å². The van der Waals surface area contributed by atoms with Crippen LogP contribution in [0.3, 0.4) is 0 Å².